The van der Waals surface area contributed by atoms with Crippen molar-refractivity contribution in [3.05, 3.63) is 34.6 Å². The molecular formula is C13H16BrN3O2. The van der Waals surface area contributed by atoms with Crippen LogP contribution in [0.5, 0.6) is 0 Å². The fourth-order valence-corrected chi connectivity index (χ4v) is 2.03. The van der Waals surface area contributed by atoms with Crippen molar-refractivity contribution in [1.82, 2.24) is 14.9 Å². The largest absolute Gasteiger partial charge is 0.391 e. The van der Waals surface area contributed by atoms with Crippen LogP contribution in [0.4, 0.5) is 0 Å². The van der Waals surface area contributed by atoms with Crippen molar-refractivity contribution in [2.24, 2.45) is 5.92 Å². The standard InChI is InChI=1S/C13H16BrN3O2/c1-8(2)12(18)6-15-13(19)9-3-4-11-10(14)5-16-17(11)7-9/h3-5,7-8,12,18H,6H2,1-2H3,(H,15,19)/t12-/m0/s1. The number of nitrogens with one attached hydrogen (secondary N) is 1. The first-order chi connectivity index (χ1) is 8.99. The Morgan fingerprint density at radius 3 is 2.95 bits per heavy atom. The number of aromatic nitrogens is 2. The number of hydrogen-bond acceptors (Lipinski definition) is 3. The predicted molar refractivity (Wildman–Crippen MR) is 76.1 cm³/mol. The van der Waals surface area contributed by atoms with Gasteiger partial charge < -0.3 is 10.4 Å². The highest BCUT2D eigenvalue weighted by molar-refractivity contribution is 9.10. The average molecular weight is 326 g/mol. The van der Waals surface area contributed by atoms with Crippen LogP contribution in [0.25, 0.3) is 5.52 Å². The zero-order chi connectivity index (χ0) is 14.0. The topological polar surface area (TPSA) is 66.6 Å². The zero-order valence-corrected chi connectivity index (χ0v) is 12.4. The molecule has 6 heteroatoms. The normalized spacial score (nSPS) is 12.9. The van der Waals surface area contributed by atoms with Crippen LogP contribution in [0.1, 0.15) is 24.2 Å². The minimum atomic E-state index is -0.536. The summed E-state index contributed by atoms with van der Waals surface area (Å²) in [6, 6.07) is 3.56. The highest BCUT2D eigenvalue weighted by Gasteiger charge is 2.12. The number of pyridine rings is 1. The fraction of sp³-hybridized carbons (Fsp3) is 0.385. The number of nitrogens with zero attached hydrogens (tertiary/aromatic N) is 2. The van der Waals surface area contributed by atoms with E-state index in [0.29, 0.717) is 5.56 Å². The molecule has 1 amide bonds. The molecule has 0 unspecified atom stereocenters. The smallest absolute Gasteiger partial charge is 0.252 e. The molecule has 0 saturated carbocycles. The molecule has 0 bridgehead atoms. The third-order valence-corrected chi connectivity index (χ3v) is 3.58. The average Bonchev–Trinajstić information content (AvgIpc) is 2.76. The summed E-state index contributed by atoms with van der Waals surface area (Å²) in [7, 11) is 0. The van der Waals surface area contributed by atoms with Crippen molar-refractivity contribution in [3.8, 4) is 0 Å². The number of carbonyl (C=O) groups excluding carboxylic acids is 1. The van der Waals surface area contributed by atoms with Gasteiger partial charge in [0.25, 0.3) is 5.91 Å². The van der Waals surface area contributed by atoms with E-state index in [1.807, 2.05) is 19.9 Å². The van der Waals surface area contributed by atoms with E-state index in [-0.39, 0.29) is 18.4 Å². The molecule has 0 saturated heterocycles. The molecule has 2 heterocycles. The van der Waals surface area contributed by atoms with Gasteiger partial charge in [0.1, 0.15) is 0 Å². The Bertz CT molecular complexity index is 595. The number of aliphatic hydroxyl groups is 1. The number of carbonyl (C=O) groups is 1. The molecule has 5 nitrogen and oxygen atoms in total. The van der Waals surface area contributed by atoms with Crippen LogP contribution in [0, 0.1) is 5.92 Å². The zero-order valence-electron chi connectivity index (χ0n) is 10.8. The predicted octanol–water partition coefficient (Wildman–Crippen LogP) is 1.84. The first-order valence-corrected chi connectivity index (χ1v) is 6.87. The summed E-state index contributed by atoms with van der Waals surface area (Å²) in [5, 5.41) is 16.5. The lowest BCUT2D eigenvalue weighted by molar-refractivity contribution is 0.0871. The van der Waals surface area contributed by atoms with Gasteiger partial charge in [-0.15, -0.1) is 0 Å². The van der Waals surface area contributed by atoms with Gasteiger partial charge in [0, 0.05) is 12.7 Å². The molecule has 2 rings (SSSR count). The van der Waals surface area contributed by atoms with E-state index in [1.54, 1.807) is 23.0 Å². The van der Waals surface area contributed by atoms with Crippen LogP contribution in [-0.2, 0) is 0 Å². The van der Waals surface area contributed by atoms with Crippen molar-refractivity contribution < 1.29 is 9.90 Å². The number of hydrogen-bond donors (Lipinski definition) is 2. The van der Waals surface area contributed by atoms with Crippen LogP contribution in [0.3, 0.4) is 0 Å². The van der Waals surface area contributed by atoms with Crippen LogP contribution in [0.15, 0.2) is 29.0 Å². The minimum absolute atomic E-state index is 0.116. The van der Waals surface area contributed by atoms with Crippen molar-refractivity contribution >= 4 is 27.4 Å². The lowest BCUT2D eigenvalue weighted by Crippen LogP contribution is -2.34. The second kappa shape index (κ2) is 5.71. The summed E-state index contributed by atoms with van der Waals surface area (Å²) in [5.41, 5.74) is 1.41. The summed E-state index contributed by atoms with van der Waals surface area (Å²) in [6.07, 6.45) is 2.81. The first-order valence-electron chi connectivity index (χ1n) is 6.08. The Kier molecular flexibility index (Phi) is 4.21. The fourth-order valence-electron chi connectivity index (χ4n) is 1.62. The Morgan fingerprint density at radius 1 is 1.53 bits per heavy atom. The van der Waals surface area contributed by atoms with E-state index in [1.165, 1.54) is 0 Å². The molecule has 19 heavy (non-hydrogen) atoms. The number of aliphatic hydroxyl groups excluding tert-OH is 1. The van der Waals surface area contributed by atoms with Crippen molar-refractivity contribution in [2.45, 2.75) is 20.0 Å². The SMILES string of the molecule is CC(C)[C@@H](O)CNC(=O)c1ccc2c(Br)cnn2c1. The Balaban J connectivity index is 2.09. The molecule has 1 atom stereocenters. The Morgan fingerprint density at radius 2 is 2.26 bits per heavy atom. The molecular weight excluding hydrogens is 310 g/mol. The molecule has 2 aromatic heterocycles. The van der Waals surface area contributed by atoms with E-state index in [9.17, 15) is 9.90 Å². The monoisotopic (exact) mass is 325 g/mol. The van der Waals surface area contributed by atoms with Crippen LogP contribution in [-0.4, -0.2) is 33.3 Å². The summed E-state index contributed by atoms with van der Waals surface area (Å²) in [6.45, 7) is 4.06. The molecule has 0 spiro atoms. The number of rotatable bonds is 4. The second-order valence-corrected chi connectivity index (χ2v) is 5.62. The van der Waals surface area contributed by atoms with Crippen molar-refractivity contribution in [2.75, 3.05) is 6.54 Å². The first kappa shape index (κ1) is 14.0. The third kappa shape index (κ3) is 3.13. The van der Waals surface area contributed by atoms with E-state index >= 15 is 0 Å². The maximum absolute atomic E-state index is 11.9. The van der Waals surface area contributed by atoms with Gasteiger partial charge in [0.05, 0.1) is 27.9 Å². The lowest BCUT2D eigenvalue weighted by atomic mass is 10.1. The number of fused-ring (bicyclic) bond motifs is 1. The highest BCUT2D eigenvalue weighted by atomic mass is 79.9. The lowest BCUT2D eigenvalue weighted by Gasteiger charge is -2.15. The van der Waals surface area contributed by atoms with Gasteiger partial charge in [-0.25, -0.2) is 4.52 Å². The van der Waals surface area contributed by atoms with Gasteiger partial charge in [-0.05, 0) is 34.0 Å². The summed E-state index contributed by atoms with van der Waals surface area (Å²) in [4.78, 5) is 11.9. The second-order valence-electron chi connectivity index (χ2n) is 4.76. The van der Waals surface area contributed by atoms with Crippen molar-refractivity contribution in [3.63, 3.8) is 0 Å². The van der Waals surface area contributed by atoms with E-state index in [4.69, 9.17) is 0 Å². The maximum atomic E-state index is 11.9. The molecule has 0 fully saturated rings. The van der Waals surface area contributed by atoms with Crippen LogP contribution in [0.2, 0.25) is 0 Å². The van der Waals surface area contributed by atoms with Gasteiger partial charge in [0.2, 0.25) is 0 Å². The summed E-state index contributed by atoms with van der Waals surface area (Å²) >= 11 is 3.38. The Labute approximate surface area is 119 Å². The third-order valence-electron chi connectivity index (χ3n) is 2.97. The van der Waals surface area contributed by atoms with Crippen LogP contribution >= 0.6 is 15.9 Å². The van der Waals surface area contributed by atoms with Crippen LogP contribution < -0.4 is 5.32 Å². The molecule has 0 aliphatic carbocycles. The van der Waals surface area contributed by atoms with Gasteiger partial charge in [-0.1, -0.05) is 13.8 Å². The molecule has 2 N–H and O–H groups in total. The number of halogens is 1. The molecule has 0 radical (unpaired) electrons. The van der Waals surface area contributed by atoms with Gasteiger partial charge in [0.15, 0.2) is 0 Å². The molecule has 0 aliphatic rings. The van der Waals surface area contributed by atoms with Gasteiger partial charge in [-0.2, -0.15) is 5.10 Å². The minimum Gasteiger partial charge on any atom is -0.391 e. The van der Waals surface area contributed by atoms with E-state index in [2.05, 4.69) is 26.3 Å². The highest BCUT2D eigenvalue weighted by Crippen LogP contribution is 2.17. The van der Waals surface area contributed by atoms with E-state index < -0.39 is 6.10 Å². The molecule has 0 aliphatic heterocycles. The maximum Gasteiger partial charge on any atom is 0.252 e. The Hall–Kier alpha value is -1.40. The van der Waals surface area contributed by atoms with Gasteiger partial charge >= 0.3 is 0 Å². The molecule has 0 aromatic carbocycles. The molecule has 102 valence electrons. The molecule has 2 aromatic rings. The quantitative estimate of drug-likeness (QED) is 0.901. The summed E-state index contributed by atoms with van der Waals surface area (Å²) in [5.74, 6) is -0.0990. The van der Waals surface area contributed by atoms with Gasteiger partial charge in [-0.3, -0.25) is 4.79 Å². The van der Waals surface area contributed by atoms with E-state index in [0.717, 1.165) is 9.99 Å². The summed E-state index contributed by atoms with van der Waals surface area (Å²) < 4.78 is 2.52. The number of amides is 1. The van der Waals surface area contributed by atoms with Crippen molar-refractivity contribution in [1.29, 1.82) is 0 Å².